The molecule has 0 saturated heterocycles. The maximum absolute atomic E-state index is 13.3. The number of alkyl halides is 3. The number of fused-ring (bicyclic) bond motifs is 1. The second-order valence-corrected chi connectivity index (χ2v) is 9.58. The lowest BCUT2D eigenvalue weighted by atomic mass is 9.86. The number of nitrogens with one attached hydrogen (secondary N) is 2. The first-order chi connectivity index (χ1) is 16.8. The van der Waals surface area contributed by atoms with Crippen LogP contribution in [-0.4, -0.2) is 22.1 Å². The molecule has 36 heavy (non-hydrogen) atoms. The molecule has 2 heterocycles. The van der Waals surface area contributed by atoms with Gasteiger partial charge in [-0.05, 0) is 48.2 Å². The van der Waals surface area contributed by atoms with Crippen LogP contribution in [0, 0.1) is 6.92 Å². The highest BCUT2D eigenvalue weighted by Gasteiger charge is 2.33. The van der Waals surface area contributed by atoms with E-state index in [0.29, 0.717) is 4.57 Å². The molecule has 1 aliphatic heterocycles. The van der Waals surface area contributed by atoms with Crippen molar-refractivity contribution in [2.24, 2.45) is 0 Å². The van der Waals surface area contributed by atoms with E-state index in [1.165, 1.54) is 19.1 Å². The van der Waals surface area contributed by atoms with Gasteiger partial charge in [-0.2, -0.15) is 13.2 Å². The molecule has 3 aromatic rings. The molecular weight excluding hydrogens is 475 g/mol. The Morgan fingerprint density at radius 3 is 2.61 bits per heavy atom. The normalized spacial score (nSPS) is 15.2. The van der Waals surface area contributed by atoms with Gasteiger partial charge in [0.25, 0.3) is 5.56 Å². The van der Waals surface area contributed by atoms with Crippen molar-refractivity contribution in [1.82, 2.24) is 9.55 Å². The van der Waals surface area contributed by atoms with Crippen molar-refractivity contribution in [2.75, 3.05) is 11.9 Å². The molecule has 0 radical (unpaired) electrons. The number of hydrogen-bond acceptors (Lipinski definition) is 5. The third-order valence-electron chi connectivity index (χ3n) is 6.61. The van der Waals surface area contributed by atoms with Gasteiger partial charge in [0.1, 0.15) is 11.7 Å². The van der Waals surface area contributed by atoms with Crippen LogP contribution in [0.15, 0.2) is 52.2 Å². The average molecular weight is 502 g/mol. The smallest absolute Gasteiger partial charge is 0.416 e. The zero-order chi connectivity index (χ0) is 26.4. The van der Waals surface area contributed by atoms with E-state index in [9.17, 15) is 27.6 Å². The van der Waals surface area contributed by atoms with E-state index >= 15 is 0 Å². The lowest BCUT2D eigenvalue weighted by molar-refractivity contribution is -0.138. The molecule has 1 unspecified atom stereocenters. The summed E-state index contributed by atoms with van der Waals surface area (Å²) in [6.45, 7) is 7.52. The maximum atomic E-state index is 13.3. The number of ether oxygens (including phenoxy) is 1. The first-order valence-electron chi connectivity index (χ1n) is 11.4. The van der Waals surface area contributed by atoms with Crippen molar-refractivity contribution in [2.45, 2.75) is 51.9 Å². The molecule has 1 aromatic heterocycles. The number of carbonyl (C=O) groups is 1. The second kappa shape index (κ2) is 9.00. The zero-order valence-electron chi connectivity index (χ0n) is 20.2. The van der Waals surface area contributed by atoms with Gasteiger partial charge in [-0.1, -0.05) is 38.1 Å². The summed E-state index contributed by atoms with van der Waals surface area (Å²) in [4.78, 5) is 40.5. The monoisotopic (exact) mass is 501 g/mol. The van der Waals surface area contributed by atoms with Crippen LogP contribution in [0.3, 0.4) is 0 Å². The standard InChI is InChI=1S/C26H26F3N3O4/c1-14-17(6-5-7-19(14)26(27,28)29)12-32-22(33)18(11-30-24(32)35)23(34)36-15(2)16-8-9-20-21(10-16)31-13-25(20,3)4/h5-11,15,31H,12-13H2,1-4H3,(H,30,35). The minimum Gasteiger partial charge on any atom is -0.454 e. The van der Waals surface area contributed by atoms with Gasteiger partial charge in [-0.3, -0.25) is 9.36 Å². The van der Waals surface area contributed by atoms with E-state index in [-0.39, 0.29) is 16.5 Å². The number of carbonyl (C=O) groups excluding carboxylic acids is 1. The number of aromatic nitrogens is 2. The minimum absolute atomic E-state index is 0.0211. The third-order valence-corrected chi connectivity index (χ3v) is 6.61. The van der Waals surface area contributed by atoms with Crippen LogP contribution in [-0.2, 0) is 22.9 Å². The molecule has 1 aliphatic rings. The van der Waals surface area contributed by atoms with Crippen LogP contribution in [0.2, 0.25) is 0 Å². The Kier molecular flexibility index (Phi) is 6.32. The summed E-state index contributed by atoms with van der Waals surface area (Å²) in [6, 6.07) is 9.25. The maximum Gasteiger partial charge on any atom is 0.416 e. The summed E-state index contributed by atoms with van der Waals surface area (Å²) >= 11 is 0. The number of hydrogen-bond donors (Lipinski definition) is 2. The Balaban J connectivity index is 1.59. The van der Waals surface area contributed by atoms with Gasteiger partial charge in [0.15, 0.2) is 0 Å². The first-order valence-corrected chi connectivity index (χ1v) is 11.4. The third kappa shape index (κ3) is 4.67. The van der Waals surface area contributed by atoms with Gasteiger partial charge < -0.3 is 15.0 Å². The molecule has 7 nitrogen and oxygen atoms in total. The van der Waals surface area contributed by atoms with E-state index in [1.807, 2.05) is 18.2 Å². The summed E-state index contributed by atoms with van der Waals surface area (Å²) < 4.78 is 46.0. The van der Waals surface area contributed by atoms with Gasteiger partial charge in [0.05, 0.1) is 12.1 Å². The molecule has 10 heteroatoms. The van der Waals surface area contributed by atoms with Gasteiger partial charge in [0, 0.05) is 23.8 Å². The molecule has 0 spiro atoms. The Bertz CT molecular complexity index is 1450. The summed E-state index contributed by atoms with van der Waals surface area (Å²) in [5.74, 6) is -0.952. The predicted molar refractivity (Wildman–Crippen MR) is 128 cm³/mol. The molecule has 0 fully saturated rings. The molecule has 0 saturated carbocycles. The Morgan fingerprint density at radius 2 is 1.92 bits per heavy atom. The van der Waals surface area contributed by atoms with Gasteiger partial charge in [-0.15, -0.1) is 0 Å². The predicted octanol–water partition coefficient (Wildman–Crippen LogP) is 4.53. The largest absolute Gasteiger partial charge is 0.454 e. The van der Waals surface area contributed by atoms with Crippen LogP contribution < -0.4 is 16.6 Å². The molecule has 2 aromatic carbocycles. The van der Waals surface area contributed by atoms with Crippen LogP contribution in [0.1, 0.15) is 65.1 Å². The van der Waals surface area contributed by atoms with Crippen LogP contribution >= 0.6 is 0 Å². The highest BCUT2D eigenvalue weighted by atomic mass is 19.4. The van der Waals surface area contributed by atoms with E-state index in [4.69, 9.17) is 4.74 Å². The second-order valence-electron chi connectivity index (χ2n) is 9.58. The van der Waals surface area contributed by atoms with E-state index in [0.717, 1.165) is 35.6 Å². The number of aromatic amines is 1. The minimum atomic E-state index is -4.58. The van der Waals surface area contributed by atoms with E-state index < -0.39 is 47.2 Å². The molecule has 2 N–H and O–H groups in total. The Labute approximate surface area is 204 Å². The molecule has 0 aliphatic carbocycles. The van der Waals surface area contributed by atoms with Crippen LogP contribution in [0.4, 0.5) is 18.9 Å². The van der Waals surface area contributed by atoms with Gasteiger partial charge in [0.2, 0.25) is 0 Å². The number of benzene rings is 2. The SMILES string of the molecule is Cc1c(Cn2c(=O)[nH]cc(C(=O)OC(C)c3ccc4c(c3)NCC4(C)C)c2=O)cccc1C(F)(F)F. The van der Waals surface area contributed by atoms with Crippen molar-refractivity contribution in [3.63, 3.8) is 0 Å². The fourth-order valence-corrected chi connectivity index (χ4v) is 4.39. The van der Waals surface area contributed by atoms with Crippen LogP contribution in [0.25, 0.3) is 0 Å². The number of esters is 1. The summed E-state index contributed by atoms with van der Waals surface area (Å²) in [5.41, 5.74) is -0.270. The Morgan fingerprint density at radius 1 is 1.19 bits per heavy atom. The summed E-state index contributed by atoms with van der Waals surface area (Å²) in [5, 5.41) is 3.33. The van der Waals surface area contributed by atoms with Crippen molar-refractivity contribution in [3.05, 3.63) is 96.8 Å². The lowest BCUT2D eigenvalue weighted by Gasteiger charge is -2.18. The highest BCUT2D eigenvalue weighted by molar-refractivity contribution is 5.88. The van der Waals surface area contributed by atoms with Gasteiger partial charge >= 0.3 is 17.8 Å². The molecule has 0 amide bonds. The number of nitrogens with zero attached hydrogens (tertiary/aromatic N) is 1. The fourth-order valence-electron chi connectivity index (χ4n) is 4.39. The number of anilines is 1. The van der Waals surface area contributed by atoms with Crippen molar-refractivity contribution in [1.29, 1.82) is 0 Å². The Hall–Kier alpha value is -3.82. The van der Waals surface area contributed by atoms with E-state index in [2.05, 4.69) is 24.1 Å². The first kappa shape index (κ1) is 25.3. The highest BCUT2D eigenvalue weighted by Crippen LogP contribution is 2.38. The number of H-pyrrole nitrogens is 1. The molecule has 190 valence electrons. The van der Waals surface area contributed by atoms with E-state index in [1.54, 1.807) is 6.92 Å². The summed E-state index contributed by atoms with van der Waals surface area (Å²) in [6.07, 6.45) is -4.32. The molecular formula is C26H26F3N3O4. The topological polar surface area (TPSA) is 93.2 Å². The average Bonchev–Trinajstić information content (AvgIpc) is 3.10. The quantitative estimate of drug-likeness (QED) is 0.501. The van der Waals surface area contributed by atoms with Gasteiger partial charge in [-0.25, -0.2) is 9.59 Å². The van der Waals surface area contributed by atoms with Crippen LogP contribution in [0.5, 0.6) is 0 Å². The van der Waals surface area contributed by atoms with Crippen molar-refractivity contribution >= 4 is 11.7 Å². The fraction of sp³-hybridized carbons (Fsp3) is 0.346. The molecule has 1 atom stereocenters. The van der Waals surface area contributed by atoms with Crippen molar-refractivity contribution in [3.8, 4) is 0 Å². The number of halogens is 3. The number of rotatable bonds is 5. The van der Waals surface area contributed by atoms with Crippen molar-refractivity contribution < 1.29 is 22.7 Å². The zero-order valence-corrected chi connectivity index (χ0v) is 20.2. The molecule has 0 bridgehead atoms. The molecule has 4 rings (SSSR count). The lowest BCUT2D eigenvalue weighted by Crippen LogP contribution is -2.39. The summed E-state index contributed by atoms with van der Waals surface area (Å²) in [7, 11) is 0.